The largest absolute Gasteiger partial charge is 0.310 e. The maximum atomic E-state index is 13.8. The first kappa shape index (κ1) is 13.1. The van der Waals surface area contributed by atoms with Crippen molar-refractivity contribution < 1.29 is 4.39 Å². The summed E-state index contributed by atoms with van der Waals surface area (Å²) >= 11 is 0. The van der Waals surface area contributed by atoms with E-state index in [1.807, 2.05) is 12.1 Å². The summed E-state index contributed by atoms with van der Waals surface area (Å²) in [6, 6.07) is 6.24. The second-order valence-corrected chi connectivity index (χ2v) is 6.22. The zero-order chi connectivity index (χ0) is 13.2. The molecule has 19 heavy (non-hydrogen) atoms. The van der Waals surface area contributed by atoms with Crippen molar-refractivity contribution in [2.24, 2.45) is 5.92 Å². The second kappa shape index (κ2) is 5.59. The Hall–Kier alpha value is -0.930. The number of benzene rings is 1. The van der Waals surface area contributed by atoms with Crippen molar-refractivity contribution >= 4 is 0 Å². The fourth-order valence-electron chi connectivity index (χ4n) is 2.51. The van der Waals surface area contributed by atoms with E-state index >= 15 is 0 Å². The van der Waals surface area contributed by atoms with Crippen molar-refractivity contribution in [3.05, 3.63) is 35.1 Å². The van der Waals surface area contributed by atoms with E-state index in [9.17, 15) is 4.39 Å². The first-order valence-corrected chi connectivity index (χ1v) is 7.40. The number of hydrogen-bond acceptors (Lipinski definition) is 2. The molecule has 2 fully saturated rings. The summed E-state index contributed by atoms with van der Waals surface area (Å²) in [5.41, 5.74) is 2.03. The van der Waals surface area contributed by atoms with E-state index in [0.717, 1.165) is 31.1 Å². The van der Waals surface area contributed by atoms with Crippen LogP contribution in [0.15, 0.2) is 18.2 Å². The van der Waals surface area contributed by atoms with Gasteiger partial charge in [-0.05, 0) is 50.3 Å². The molecule has 0 bridgehead atoms. The van der Waals surface area contributed by atoms with Crippen LogP contribution in [0.5, 0.6) is 0 Å². The molecule has 104 valence electrons. The maximum absolute atomic E-state index is 13.8. The van der Waals surface area contributed by atoms with Crippen molar-refractivity contribution in [3.8, 4) is 0 Å². The molecular weight excluding hydrogens is 239 g/mol. The summed E-state index contributed by atoms with van der Waals surface area (Å²) in [5.74, 6) is 0.783. The van der Waals surface area contributed by atoms with Crippen molar-refractivity contribution in [3.63, 3.8) is 0 Å². The Morgan fingerprint density at radius 3 is 2.74 bits per heavy atom. The lowest BCUT2D eigenvalue weighted by molar-refractivity contribution is 0.308. The summed E-state index contributed by atoms with van der Waals surface area (Å²) in [5, 5.41) is 3.48. The highest BCUT2D eigenvalue weighted by Gasteiger charge is 2.23. The molecule has 1 N–H and O–H groups in total. The third kappa shape index (κ3) is 4.02. The van der Waals surface area contributed by atoms with E-state index in [2.05, 4.69) is 17.3 Å². The smallest absolute Gasteiger partial charge is 0.127 e. The van der Waals surface area contributed by atoms with Crippen molar-refractivity contribution in [1.82, 2.24) is 10.2 Å². The predicted octanol–water partition coefficient (Wildman–Crippen LogP) is 2.92. The maximum Gasteiger partial charge on any atom is 0.127 e. The van der Waals surface area contributed by atoms with E-state index in [4.69, 9.17) is 0 Å². The van der Waals surface area contributed by atoms with Gasteiger partial charge in [-0.3, -0.25) is 0 Å². The minimum Gasteiger partial charge on any atom is -0.310 e. The van der Waals surface area contributed by atoms with E-state index in [-0.39, 0.29) is 5.82 Å². The summed E-state index contributed by atoms with van der Waals surface area (Å²) in [6.45, 7) is 2.69. The molecule has 2 aliphatic rings. The van der Waals surface area contributed by atoms with Crippen LogP contribution >= 0.6 is 0 Å². The molecule has 0 aliphatic heterocycles. The van der Waals surface area contributed by atoms with Gasteiger partial charge < -0.3 is 10.2 Å². The summed E-state index contributed by atoms with van der Waals surface area (Å²) < 4.78 is 13.8. The minimum absolute atomic E-state index is 0.0715. The third-order valence-electron chi connectivity index (χ3n) is 3.99. The van der Waals surface area contributed by atoms with E-state index in [1.54, 1.807) is 6.07 Å². The summed E-state index contributed by atoms with van der Waals surface area (Å²) in [7, 11) is 2.09. The Kier molecular flexibility index (Phi) is 3.85. The lowest BCUT2D eigenvalue weighted by atomic mass is 10.1. The van der Waals surface area contributed by atoms with Crippen LogP contribution < -0.4 is 5.32 Å². The number of halogens is 1. The molecule has 2 nitrogen and oxygen atoms in total. The Balaban J connectivity index is 1.58. The highest BCUT2D eigenvalue weighted by molar-refractivity contribution is 5.25. The van der Waals surface area contributed by atoms with Crippen molar-refractivity contribution in [2.45, 2.75) is 44.8 Å². The molecule has 3 rings (SSSR count). The SMILES string of the molecule is CN(Cc1cc(CNC2CC2)ccc1F)CC1CC1. The molecule has 1 aromatic rings. The minimum atomic E-state index is -0.0715. The lowest BCUT2D eigenvalue weighted by Crippen LogP contribution is -2.21. The van der Waals surface area contributed by atoms with Crippen LogP contribution in [0.3, 0.4) is 0 Å². The van der Waals surface area contributed by atoms with Gasteiger partial charge in [0.15, 0.2) is 0 Å². The Morgan fingerprint density at radius 1 is 1.26 bits per heavy atom. The molecular formula is C16H23FN2. The van der Waals surface area contributed by atoms with Gasteiger partial charge >= 0.3 is 0 Å². The van der Waals surface area contributed by atoms with E-state index < -0.39 is 0 Å². The van der Waals surface area contributed by atoms with Crippen LogP contribution in [0.4, 0.5) is 4.39 Å². The monoisotopic (exact) mass is 262 g/mol. The molecule has 1 aromatic carbocycles. The molecule has 0 aromatic heterocycles. The summed E-state index contributed by atoms with van der Waals surface area (Å²) in [6.07, 6.45) is 5.27. The van der Waals surface area contributed by atoms with Gasteiger partial charge in [0.1, 0.15) is 5.82 Å². The highest BCUT2D eigenvalue weighted by atomic mass is 19.1. The highest BCUT2D eigenvalue weighted by Crippen LogP contribution is 2.29. The molecule has 0 saturated heterocycles. The van der Waals surface area contributed by atoms with Gasteiger partial charge in [-0.2, -0.15) is 0 Å². The Morgan fingerprint density at radius 2 is 2.05 bits per heavy atom. The van der Waals surface area contributed by atoms with Gasteiger partial charge in [-0.25, -0.2) is 4.39 Å². The van der Waals surface area contributed by atoms with Crippen LogP contribution in [-0.4, -0.2) is 24.5 Å². The molecule has 2 saturated carbocycles. The summed E-state index contributed by atoms with van der Waals surface area (Å²) in [4.78, 5) is 2.24. The quantitative estimate of drug-likeness (QED) is 0.813. The number of rotatable bonds is 7. The lowest BCUT2D eigenvalue weighted by Gasteiger charge is -2.17. The molecule has 2 aliphatic carbocycles. The van der Waals surface area contributed by atoms with Gasteiger partial charge in [-0.1, -0.05) is 12.1 Å². The van der Waals surface area contributed by atoms with Crippen LogP contribution in [0.2, 0.25) is 0 Å². The van der Waals surface area contributed by atoms with Gasteiger partial charge in [0.05, 0.1) is 0 Å². The third-order valence-corrected chi connectivity index (χ3v) is 3.99. The van der Waals surface area contributed by atoms with Gasteiger partial charge in [0, 0.05) is 31.2 Å². The average Bonchev–Trinajstić information content (AvgIpc) is 3.23. The molecule has 0 unspecified atom stereocenters. The number of nitrogens with zero attached hydrogens (tertiary/aromatic N) is 1. The second-order valence-electron chi connectivity index (χ2n) is 6.22. The Bertz CT molecular complexity index is 438. The van der Waals surface area contributed by atoms with Crippen molar-refractivity contribution in [1.29, 1.82) is 0 Å². The van der Waals surface area contributed by atoms with Crippen LogP contribution in [0, 0.1) is 11.7 Å². The zero-order valence-electron chi connectivity index (χ0n) is 11.7. The standard InChI is InChI=1S/C16H23FN2/c1-19(10-12-2-3-12)11-14-8-13(4-7-16(14)17)9-18-15-5-6-15/h4,7-8,12,15,18H,2-3,5-6,9-11H2,1H3. The molecule has 0 atom stereocenters. The topological polar surface area (TPSA) is 15.3 Å². The first-order chi connectivity index (χ1) is 9.20. The van der Waals surface area contributed by atoms with Crippen molar-refractivity contribution in [2.75, 3.05) is 13.6 Å². The molecule has 3 heteroatoms. The first-order valence-electron chi connectivity index (χ1n) is 7.40. The van der Waals surface area contributed by atoms with Gasteiger partial charge in [0.2, 0.25) is 0 Å². The molecule has 0 amide bonds. The van der Waals surface area contributed by atoms with Crippen LogP contribution in [-0.2, 0) is 13.1 Å². The average molecular weight is 262 g/mol. The van der Waals surface area contributed by atoms with E-state index in [0.29, 0.717) is 6.04 Å². The Labute approximate surface area is 115 Å². The normalized spacial score (nSPS) is 19.1. The molecule has 0 heterocycles. The van der Waals surface area contributed by atoms with E-state index in [1.165, 1.54) is 31.2 Å². The zero-order valence-corrected chi connectivity index (χ0v) is 11.7. The molecule has 0 radical (unpaired) electrons. The van der Waals surface area contributed by atoms with Gasteiger partial charge in [-0.15, -0.1) is 0 Å². The fraction of sp³-hybridized carbons (Fsp3) is 0.625. The predicted molar refractivity (Wildman–Crippen MR) is 75.3 cm³/mol. The van der Waals surface area contributed by atoms with Crippen LogP contribution in [0.25, 0.3) is 0 Å². The number of hydrogen-bond donors (Lipinski definition) is 1. The van der Waals surface area contributed by atoms with Gasteiger partial charge in [0.25, 0.3) is 0 Å². The fourth-order valence-corrected chi connectivity index (χ4v) is 2.51. The molecule has 0 spiro atoms. The number of nitrogens with one attached hydrogen (secondary N) is 1. The van der Waals surface area contributed by atoms with Crippen LogP contribution in [0.1, 0.15) is 36.8 Å².